The zero-order valence-electron chi connectivity index (χ0n) is 46.9. The van der Waals surface area contributed by atoms with Crippen LogP contribution in [0.4, 0.5) is 25.0 Å². The monoisotopic (exact) mass is 1180 g/mol. The number of aromatic nitrogens is 4. The van der Waals surface area contributed by atoms with Crippen LogP contribution in [0.1, 0.15) is 44.6 Å². The standard InChI is InChI=1S/C56H79ClN10O16/c57-20-6-1-2-7-26-73-32-33-74-31-24-62-56(72)82-41-39-78-37-35-76-30-23-61-55(71)80-28-9-8-27-79-54(70)60-22-29-75-34-36-77-38-40-81-53(69)59-21-10-15-48(68)66-25-11-12-45(42-66)67-52-49(51(58)63-43-64-52)50(65-67)44-16-18-47(19-17-44)83-46-13-4-3-5-14-46/h3-5,8-10,13-19,43,45H,1-2,6-7,11-12,20-42H2,(H,59,69)(H,60,70)(H,61,71)(H,62,72)(H2,58,63,64)/b9-8+,15-10+/t45-/m1/s1. The van der Waals surface area contributed by atoms with Crippen LogP contribution in [0.2, 0.25) is 0 Å². The van der Waals surface area contributed by atoms with Gasteiger partial charge in [-0.15, -0.1) is 11.6 Å². The Morgan fingerprint density at radius 1 is 0.590 bits per heavy atom. The highest BCUT2D eigenvalue weighted by molar-refractivity contribution is 6.17. The summed E-state index contributed by atoms with van der Waals surface area (Å²) >= 11 is 5.66. The molecular weight excluding hydrogens is 1100 g/mol. The van der Waals surface area contributed by atoms with E-state index < -0.39 is 24.4 Å². The van der Waals surface area contributed by atoms with Gasteiger partial charge in [0.05, 0.1) is 84.1 Å². The summed E-state index contributed by atoms with van der Waals surface area (Å²) in [5.41, 5.74) is 8.41. The first-order valence-electron chi connectivity index (χ1n) is 27.8. The van der Waals surface area contributed by atoms with Gasteiger partial charge in [-0.3, -0.25) is 4.79 Å². The van der Waals surface area contributed by atoms with Crippen molar-refractivity contribution in [3.05, 3.63) is 85.2 Å². The maximum Gasteiger partial charge on any atom is 0.407 e. The second-order valence-corrected chi connectivity index (χ2v) is 18.4. The number of alkyl carbamates (subject to hydrolysis) is 4. The van der Waals surface area contributed by atoms with Gasteiger partial charge in [0.25, 0.3) is 0 Å². The Morgan fingerprint density at radius 3 is 1.72 bits per heavy atom. The van der Waals surface area contributed by atoms with Gasteiger partial charge < -0.3 is 84.0 Å². The molecule has 1 fully saturated rings. The Hall–Kier alpha value is -7.33. The Bertz CT molecular complexity index is 2550. The van der Waals surface area contributed by atoms with E-state index >= 15 is 0 Å². The minimum absolute atomic E-state index is 0.00321. The lowest BCUT2D eigenvalue weighted by atomic mass is 10.1. The number of rotatable bonds is 41. The number of halogens is 1. The summed E-state index contributed by atoms with van der Waals surface area (Å²) in [6, 6.07) is 16.9. The van der Waals surface area contributed by atoms with Gasteiger partial charge in [-0.25, -0.2) is 33.8 Å². The number of nitrogens with zero attached hydrogens (tertiary/aromatic N) is 5. The number of unbranched alkanes of at least 4 members (excludes halogenated alkanes) is 3. The molecular formula is C56H79ClN10O16. The van der Waals surface area contributed by atoms with E-state index in [4.69, 9.17) is 74.5 Å². The molecule has 0 unspecified atom stereocenters. The Morgan fingerprint density at radius 2 is 1.12 bits per heavy atom. The fraction of sp³-hybridized carbons (Fsp3) is 0.536. The third-order valence-corrected chi connectivity index (χ3v) is 12.1. The largest absolute Gasteiger partial charge is 0.457 e. The van der Waals surface area contributed by atoms with Crippen LogP contribution in [0.3, 0.4) is 0 Å². The number of ether oxygens (including phenoxy) is 11. The molecule has 6 N–H and O–H groups in total. The number of nitrogen functional groups attached to an aromatic ring is 1. The molecule has 2 aromatic carbocycles. The van der Waals surface area contributed by atoms with E-state index in [2.05, 4.69) is 31.2 Å². The molecule has 5 rings (SSSR count). The van der Waals surface area contributed by atoms with Crippen LogP contribution < -0.4 is 31.7 Å². The summed E-state index contributed by atoms with van der Waals surface area (Å²) < 4.78 is 60.6. The summed E-state index contributed by atoms with van der Waals surface area (Å²) in [5.74, 6) is 2.21. The molecule has 0 spiro atoms. The third-order valence-electron chi connectivity index (χ3n) is 11.8. The van der Waals surface area contributed by atoms with Crippen molar-refractivity contribution in [1.29, 1.82) is 0 Å². The zero-order valence-corrected chi connectivity index (χ0v) is 47.6. The molecule has 4 aromatic rings. The van der Waals surface area contributed by atoms with Crippen LogP contribution in [0, 0.1) is 0 Å². The topological polar surface area (TPSA) is 308 Å². The van der Waals surface area contributed by atoms with Crippen molar-refractivity contribution >= 4 is 58.7 Å². The molecule has 1 atom stereocenters. The van der Waals surface area contributed by atoms with E-state index in [1.165, 1.54) is 24.6 Å². The third kappa shape index (κ3) is 28.0. The number of hydrogen-bond acceptors (Lipinski definition) is 20. The van der Waals surface area contributed by atoms with Crippen molar-refractivity contribution in [2.75, 3.05) is 157 Å². The van der Waals surface area contributed by atoms with Gasteiger partial charge in [0.2, 0.25) is 5.91 Å². The summed E-state index contributed by atoms with van der Waals surface area (Å²) in [5, 5.41) is 15.9. The number of alkyl halides is 1. The number of carbonyl (C=O) groups excluding carboxylic acids is 5. The Kier molecular flexibility index (Phi) is 33.3. The Balaban J connectivity index is 0.773. The van der Waals surface area contributed by atoms with Crippen LogP contribution in [0.25, 0.3) is 22.3 Å². The molecule has 1 aliphatic heterocycles. The van der Waals surface area contributed by atoms with Gasteiger partial charge >= 0.3 is 24.4 Å². The molecule has 5 amide bonds. The average molecular weight is 1180 g/mol. The van der Waals surface area contributed by atoms with Gasteiger partial charge in [0.1, 0.15) is 55.8 Å². The minimum Gasteiger partial charge on any atom is -0.457 e. The SMILES string of the molecule is Nc1ncnc2c1c(-c1ccc(Oc3ccccc3)cc1)nn2[C@@H]1CCCN(C(=O)/C=C/CNC(=O)OCCOCCOCCNC(=O)OC/C=C/COC(=O)NCCOCCOCCOC(=O)NCCOCCOCCCCCCCl)C1. The smallest absolute Gasteiger partial charge is 0.407 e. The number of fused-ring (bicyclic) bond motifs is 1. The van der Waals surface area contributed by atoms with Gasteiger partial charge in [-0.05, 0) is 74.2 Å². The van der Waals surface area contributed by atoms with Crippen molar-refractivity contribution in [2.24, 2.45) is 0 Å². The maximum atomic E-state index is 13.2. The van der Waals surface area contributed by atoms with Crippen LogP contribution in [0.15, 0.2) is 85.2 Å². The molecule has 26 nitrogen and oxygen atoms in total. The molecule has 83 heavy (non-hydrogen) atoms. The normalized spacial score (nSPS) is 13.3. The molecule has 2 aromatic heterocycles. The number of para-hydroxylation sites is 1. The first kappa shape index (κ1) is 66.5. The van der Waals surface area contributed by atoms with E-state index in [0.717, 1.165) is 49.8 Å². The van der Waals surface area contributed by atoms with Crippen LogP contribution >= 0.6 is 11.6 Å². The summed E-state index contributed by atoms with van der Waals surface area (Å²) in [6.07, 6.45) is 10.7. The molecule has 0 bridgehead atoms. The van der Waals surface area contributed by atoms with Crippen molar-refractivity contribution in [3.63, 3.8) is 0 Å². The van der Waals surface area contributed by atoms with E-state index in [0.29, 0.717) is 80.2 Å². The number of likely N-dealkylation sites (tertiary alicyclic amines) is 1. The van der Waals surface area contributed by atoms with Crippen LogP contribution in [-0.2, 0) is 52.2 Å². The minimum atomic E-state index is -0.662. The zero-order chi connectivity index (χ0) is 58.8. The number of piperidine rings is 1. The molecule has 456 valence electrons. The van der Waals surface area contributed by atoms with Gasteiger partial charge in [-0.2, -0.15) is 5.10 Å². The summed E-state index contributed by atoms with van der Waals surface area (Å²) in [7, 11) is 0. The van der Waals surface area contributed by atoms with Gasteiger partial charge in [-0.1, -0.05) is 37.1 Å². The average Bonchev–Trinajstić information content (AvgIpc) is 3.03. The molecule has 0 aliphatic carbocycles. The lowest BCUT2D eigenvalue weighted by Gasteiger charge is -2.32. The number of amides is 5. The second kappa shape index (κ2) is 41.6. The number of carbonyl (C=O) groups is 5. The highest BCUT2D eigenvalue weighted by Crippen LogP contribution is 2.35. The lowest BCUT2D eigenvalue weighted by molar-refractivity contribution is -0.127. The molecule has 1 saturated heterocycles. The number of nitrogens with one attached hydrogen (secondary N) is 4. The lowest BCUT2D eigenvalue weighted by Crippen LogP contribution is -2.40. The summed E-state index contributed by atoms with van der Waals surface area (Å²) in [4.78, 5) is 71.4. The fourth-order valence-corrected chi connectivity index (χ4v) is 7.98. The Labute approximate surface area is 488 Å². The van der Waals surface area contributed by atoms with E-state index in [1.807, 2.05) is 59.3 Å². The maximum absolute atomic E-state index is 13.2. The highest BCUT2D eigenvalue weighted by Gasteiger charge is 2.28. The first-order valence-corrected chi connectivity index (χ1v) is 28.3. The number of anilines is 1. The van der Waals surface area contributed by atoms with Crippen molar-refractivity contribution in [2.45, 2.75) is 44.6 Å². The first-order chi connectivity index (χ1) is 40.7. The number of nitrogens with two attached hydrogens (primary N) is 1. The number of hydrogen-bond donors (Lipinski definition) is 5. The second-order valence-electron chi connectivity index (χ2n) is 18.1. The molecule has 3 heterocycles. The van der Waals surface area contributed by atoms with Crippen LogP contribution in [0.5, 0.6) is 11.5 Å². The van der Waals surface area contributed by atoms with E-state index in [1.54, 1.807) is 11.0 Å². The van der Waals surface area contributed by atoms with Crippen molar-refractivity contribution in [1.82, 2.24) is 45.9 Å². The van der Waals surface area contributed by atoms with E-state index in [-0.39, 0.29) is 111 Å². The van der Waals surface area contributed by atoms with Crippen LogP contribution in [-0.4, -0.2) is 206 Å². The predicted molar refractivity (Wildman–Crippen MR) is 306 cm³/mol. The highest BCUT2D eigenvalue weighted by atomic mass is 35.5. The van der Waals surface area contributed by atoms with E-state index in [9.17, 15) is 24.0 Å². The van der Waals surface area contributed by atoms with Gasteiger partial charge in [0.15, 0.2) is 5.65 Å². The predicted octanol–water partition coefficient (Wildman–Crippen LogP) is 5.95. The van der Waals surface area contributed by atoms with Crippen molar-refractivity contribution < 1.29 is 76.1 Å². The molecule has 0 saturated carbocycles. The molecule has 1 aliphatic rings. The quantitative estimate of drug-likeness (QED) is 0.0113. The fourth-order valence-electron chi connectivity index (χ4n) is 7.79. The molecule has 0 radical (unpaired) electrons. The summed E-state index contributed by atoms with van der Waals surface area (Å²) in [6.45, 7) is 5.66. The van der Waals surface area contributed by atoms with Crippen molar-refractivity contribution in [3.8, 4) is 22.8 Å². The number of benzene rings is 2. The molecule has 27 heteroatoms. The van der Waals surface area contributed by atoms with Gasteiger partial charge in [0, 0.05) is 63.4 Å².